The summed E-state index contributed by atoms with van der Waals surface area (Å²) < 4.78 is 52.6. The Morgan fingerprint density at radius 2 is 1.94 bits per heavy atom. The van der Waals surface area contributed by atoms with Crippen molar-refractivity contribution in [1.29, 1.82) is 0 Å². The van der Waals surface area contributed by atoms with Gasteiger partial charge in [0, 0.05) is 13.1 Å². The van der Waals surface area contributed by atoms with Crippen molar-refractivity contribution in [2.45, 2.75) is 24.7 Å². The first-order chi connectivity index (χ1) is 7.48. The predicted octanol–water partition coefficient (Wildman–Crippen LogP) is 0.0121. The van der Waals surface area contributed by atoms with Gasteiger partial charge in [-0.25, -0.2) is 8.42 Å². The molecule has 0 aliphatic carbocycles. The molecule has 0 aromatic rings. The fourth-order valence-electron chi connectivity index (χ4n) is 1.59. The second-order valence-corrected chi connectivity index (χ2v) is 5.40. The fourth-order valence-corrected chi connectivity index (χ4v) is 2.53. The summed E-state index contributed by atoms with van der Waals surface area (Å²) in [6.07, 6.45) is 0.606. The lowest BCUT2D eigenvalue weighted by molar-refractivity contribution is 0.00248. The summed E-state index contributed by atoms with van der Waals surface area (Å²) in [6, 6.07) is 0. The molecule has 8 heteroatoms. The van der Waals surface area contributed by atoms with E-state index in [1.807, 2.05) is 0 Å². The minimum atomic E-state index is -4.45. The number of aliphatic hydroxyl groups excluding tert-OH is 1. The van der Waals surface area contributed by atoms with Crippen molar-refractivity contribution in [3.63, 3.8) is 0 Å². The first-order valence-corrected chi connectivity index (χ1v) is 6.48. The Morgan fingerprint density at radius 1 is 1.38 bits per heavy atom. The second kappa shape index (κ2) is 5.85. The van der Waals surface area contributed by atoms with Crippen LogP contribution in [0.1, 0.15) is 12.8 Å². The number of hydrogen-bond acceptors (Lipinski definition) is 4. The van der Waals surface area contributed by atoms with Gasteiger partial charge in [0.25, 0.3) is 10.0 Å². The van der Waals surface area contributed by atoms with E-state index in [2.05, 4.69) is 0 Å². The molecular weight excluding hydrogens is 244 g/mol. The van der Waals surface area contributed by atoms with Crippen molar-refractivity contribution in [2.75, 3.05) is 26.3 Å². The minimum Gasteiger partial charge on any atom is -0.394 e. The molecule has 1 fully saturated rings. The van der Waals surface area contributed by atoms with Crippen molar-refractivity contribution in [3.05, 3.63) is 0 Å². The van der Waals surface area contributed by atoms with E-state index < -0.39 is 15.8 Å². The quantitative estimate of drug-likeness (QED) is 0.755. The molecule has 0 radical (unpaired) electrons. The maximum Gasteiger partial charge on any atom is 0.350 e. The predicted molar refractivity (Wildman–Crippen MR) is 52.6 cm³/mol. The van der Waals surface area contributed by atoms with E-state index in [9.17, 15) is 17.2 Å². The van der Waals surface area contributed by atoms with Crippen LogP contribution < -0.4 is 0 Å². The molecule has 1 N–H and O–H groups in total. The van der Waals surface area contributed by atoms with Crippen LogP contribution in [-0.2, 0) is 14.8 Å². The zero-order chi connectivity index (χ0) is 12.2. The highest BCUT2D eigenvalue weighted by molar-refractivity contribution is 7.89. The van der Waals surface area contributed by atoms with Crippen LogP contribution >= 0.6 is 0 Å². The Bertz CT molecular complexity index is 301. The first-order valence-electron chi connectivity index (χ1n) is 4.98. The molecule has 0 saturated carbocycles. The van der Waals surface area contributed by atoms with Crippen LogP contribution in [0.5, 0.6) is 0 Å². The average Bonchev–Trinajstić information content (AvgIpc) is 2.26. The van der Waals surface area contributed by atoms with Gasteiger partial charge in [0.05, 0.1) is 19.3 Å². The number of ether oxygens (including phenoxy) is 1. The maximum absolute atomic E-state index is 12.2. The third-order valence-electron chi connectivity index (χ3n) is 2.43. The number of hydrogen-bond donors (Lipinski definition) is 1. The fraction of sp³-hybridized carbons (Fsp3) is 1.00. The molecule has 96 valence electrons. The molecular formula is C8H15F2NO4S. The van der Waals surface area contributed by atoms with Crippen LogP contribution in [0.4, 0.5) is 8.78 Å². The van der Waals surface area contributed by atoms with E-state index in [4.69, 9.17) is 9.84 Å². The molecule has 16 heavy (non-hydrogen) atoms. The molecule has 1 aliphatic heterocycles. The molecule has 1 aliphatic rings. The topological polar surface area (TPSA) is 66.8 Å². The van der Waals surface area contributed by atoms with Gasteiger partial charge in [0.2, 0.25) is 0 Å². The first kappa shape index (κ1) is 13.8. The summed E-state index contributed by atoms with van der Waals surface area (Å²) in [4.78, 5) is 0. The van der Waals surface area contributed by atoms with E-state index in [0.717, 1.165) is 4.31 Å². The van der Waals surface area contributed by atoms with E-state index in [1.165, 1.54) is 0 Å². The Kier molecular flexibility index (Phi) is 5.03. The van der Waals surface area contributed by atoms with Crippen molar-refractivity contribution in [1.82, 2.24) is 4.31 Å². The number of nitrogens with zero attached hydrogens (tertiary/aromatic N) is 1. The summed E-state index contributed by atoms with van der Waals surface area (Å²) in [7, 11) is -4.45. The molecule has 0 aromatic carbocycles. The third-order valence-corrected chi connectivity index (χ3v) is 3.97. The van der Waals surface area contributed by atoms with Gasteiger partial charge in [-0.3, -0.25) is 0 Å². The van der Waals surface area contributed by atoms with Crippen molar-refractivity contribution >= 4 is 10.0 Å². The summed E-state index contributed by atoms with van der Waals surface area (Å²) in [6.45, 7) is 0.174. The second-order valence-electron chi connectivity index (χ2n) is 3.50. The van der Waals surface area contributed by atoms with Crippen LogP contribution in [0.2, 0.25) is 0 Å². The van der Waals surface area contributed by atoms with Gasteiger partial charge in [0.1, 0.15) is 0 Å². The maximum atomic E-state index is 12.2. The number of piperidine rings is 1. The SMILES string of the molecule is O=S(=O)(C(F)F)N1CCC(OCCO)CC1. The molecule has 0 amide bonds. The van der Waals surface area contributed by atoms with Crippen LogP contribution in [0.25, 0.3) is 0 Å². The largest absolute Gasteiger partial charge is 0.394 e. The van der Waals surface area contributed by atoms with Gasteiger partial charge in [-0.2, -0.15) is 13.1 Å². The highest BCUT2D eigenvalue weighted by atomic mass is 32.2. The van der Waals surface area contributed by atoms with Crippen molar-refractivity contribution < 1.29 is 27.0 Å². The van der Waals surface area contributed by atoms with E-state index in [1.54, 1.807) is 0 Å². The third kappa shape index (κ3) is 3.34. The standard InChI is InChI=1S/C8H15F2NO4S/c9-8(10)16(13,14)11-3-1-7(2-4-11)15-6-5-12/h7-8,12H,1-6H2. The monoisotopic (exact) mass is 259 g/mol. The molecule has 5 nitrogen and oxygen atoms in total. The van der Waals surface area contributed by atoms with Gasteiger partial charge in [-0.05, 0) is 12.8 Å². The summed E-state index contributed by atoms with van der Waals surface area (Å²) in [5.74, 6) is -3.36. The van der Waals surface area contributed by atoms with Crippen LogP contribution in [0.15, 0.2) is 0 Å². The Hall–Kier alpha value is -0.310. The molecule has 1 rings (SSSR count). The molecule has 0 spiro atoms. The Morgan fingerprint density at radius 3 is 2.38 bits per heavy atom. The summed E-state index contributed by atoms with van der Waals surface area (Å²) in [5, 5.41) is 8.52. The molecule has 1 heterocycles. The smallest absolute Gasteiger partial charge is 0.350 e. The lowest BCUT2D eigenvalue weighted by atomic mass is 10.1. The zero-order valence-corrected chi connectivity index (χ0v) is 9.50. The van der Waals surface area contributed by atoms with Gasteiger partial charge in [-0.1, -0.05) is 0 Å². The number of halogens is 2. The van der Waals surface area contributed by atoms with E-state index in [0.29, 0.717) is 12.8 Å². The number of aliphatic hydroxyl groups is 1. The molecule has 0 bridgehead atoms. The lowest BCUT2D eigenvalue weighted by Crippen LogP contribution is -2.43. The van der Waals surface area contributed by atoms with Crippen LogP contribution in [-0.4, -0.2) is 56.0 Å². The normalized spacial score (nSPS) is 20.5. The van der Waals surface area contributed by atoms with Crippen molar-refractivity contribution in [3.8, 4) is 0 Å². The van der Waals surface area contributed by atoms with Crippen LogP contribution in [0, 0.1) is 0 Å². The molecule has 0 aromatic heterocycles. The number of alkyl halides is 2. The van der Waals surface area contributed by atoms with Crippen molar-refractivity contribution in [2.24, 2.45) is 0 Å². The number of rotatable bonds is 5. The summed E-state index contributed by atoms with van der Waals surface area (Å²) in [5.41, 5.74) is 0. The Labute approximate surface area is 93.0 Å². The minimum absolute atomic E-state index is 0.0444. The zero-order valence-electron chi connectivity index (χ0n) is 8.68. The highest BCUT2D eigenvalue weighted by Crippen LogP contribution is 2.20. The van der Waals surface area contributed by atoms with E-state index >= 15 is 0 Å². The molecule has 1 saturated heterocycles. The Balaban J connectivity index is 2.43. The van der Waals surface area contributed by atoms with Gasteiger partial charge >= 0.3 is 5.76 Å². The highest BCUT2D eigenvalue weighted by Gasteiger charge is 2.34. The van der Waals surface area contributed by atoms with Gasteiger partial charge in [-0.15, -0.1) is 0 Å². The average molecular weight is 259 g/mol. The van der Waals surface area contributed by atoms with Gasteiger partial charge < -0.3 is 9.84 Å². The lowest BCUT2D eigenvalue weighted by Gasteiger charge is -2.30. The molecule has 0 unspecified atom stereocenters. The van der Waals surface area contributed by atoms with Crippen LogP contribution in [0.3, 0.4) is 0 Å². The molecule has 0 atom stereocenters. The van der Waals surface area contributed by atoms with E-state index in [-0.39, 0.29) is 32.4 Å². The summed E-state index contributed by atoms with van der Waals surface area (Å²) >= 11 is 0. The number of sulfonamides is 1. The van der Waals surface area contributed by atoms with Gasteiger partial charge in [0.15, 0.2) is 0 Å².